The Morgan fingerprint density at radius 2 is 1.76 bits per heavy atom. The van der Waals surface area contributed by atoms with Gasteiger partial charge in [0.15, 0.2) is 9.84 Å². The molecule has 0 spiro atoms. The Labute approximate surface area is 212 Å². The Morgan fingerprint density at radius 3 is 2.32 bits per heavy atom. The zero-order chi connectivity index (χ0) is 27.0. The predicted octanol–water partition coefficient (Wildman–Crippen LogP) is 4.33. The van der Waals surface area contributed by atoms with Crippen LogP contribution in [0.25, 0.3) is 0 Å². The number of aromatic nitrogens is 3. The van der Waals surface area contributed by atoms with Gasteiger partial charge in [-0.3, -0.25) is 9.78 Å². The molecule has 0 aliphatic carbocycles. The van der Waals surface area contributed by atoms with Gasteiger partial charge in [-0.15, -0.1) is 0 Å². The van der Waals surface area contributed by atoms with Crippen LogP contribution in [0.15, 0.2) is 53.8 Å². The second-order valence-electron chi connectivity index (χ2n) is 9.08. The quantitative estimate of drug-likeness (QED) is 0.482. The highest BCUT2D eigenvalue weighted by atomic mass is 32.2. The van der Waals surface area contributed by atoms with Crippen LogP contribution in [-0.4, -0.2) is 35.0 Å². The number of nitrogens with zero attached hydrogens (tertiary/aromatic N) is 4. The second kappa shape index (κ2) is 10.1. The third-order valence-electron chi connectivity index (χ3n) is 6.19. The van der Waals surface area contributed by atoms with Crippen molar-refractivity contribution in [1.82, 2.24) is 20.3 Å². The van der Waals surface area contributed by atoms with Gasteiger partial charge in [0, 0.05) is 31.7 Å². The minimum absolute atomic E-state index is 0.00843. The van der Waals surface area contributed by atoms with Crippen molar-refractivity contribution >= 4 is 21.7 Å². The van der Waals surface area contributed by atoms with Crippen molar-refractivity contribution in [2.24, 2.45) is 5.92 Å². The number of carbonyl (C=O) groups is 1. The number of nitrogens with one attached hydrogen (secondary N) is 1. The maximum atomic E-state index is 12.9. The molecule has 0 unspecified atom stereocenters. The van der Waals surface area contributed by atoms with Crippen molar-refractivity contribution in [3.05, 3.63) is 76.9 Å². The first kappa shape index (κ1) is 26.5. The van der Waals surface area contributed by atoms with Crippen LogP contribution in [-0.2, 0) is 29.1 Å². The zero-order valence-corrected chi connectivity index (χ0v) is 21.3. The standard InChI is InChI=1S/C25H26F3N5O3S/c1-4-37(35,36)20-7-5-16(6-8-20)10-30-23(34)17-9-18-14-33(22(15(2)3)21(18)29-11-17)24-31-12-19(13-32-24)25(26,27)28/h5-9,11-13,15,22H,4,10,14H2,1-3H3,(H,30,34)/t22-/m0/s1. The summed E-state index contributed by atoms with van der Waals surface area (Å²) < 4.78 is 62.7. The van der Waals surface area contributed by atoms with Gasteiger partial charge in [0.25, 0.3) is 5.91 Å². The molecule has 0 saturated heterocycles. The summed E-state index contributed by atoms with van der Waals surface area (Å²) in [6, 6.07) is 7.79. The molecule has 8 nitrogen and oxygen atoms in total. The third kappa shape index (κ3) is 5.58. The van der Waals surface area contributed by atoms with E-state index in [0.29, 0.717) is 12.1 Å². The first-order valence-corrected chi connectivity index (χ1v) is 13.3. The van der Waals surface area contributed by atoms with Crippen LogP contribution in [0.4, 0.5) is 19.1 Å². The number of pyridine rings is 1. The van der Waals surface area contributed by atoms with Gasteiger partial charge in [-0.1, -0.05) is 32.9 Å². The van der Waals surface area contributed by atoms with Gasteiger partial charge >= 0.3 is 6.18 Å². The van der Waals surface area contributed by atoms with Gasteiger partial charge in [0.05, 0.1) is 33.5 Å². The number of alkyl halides is 3. The predicted molar refractivity (Wildman–Crippen MR) is 130 cm³/mol. The van der Waals surface area contributed by atoms with Crippen LogP contribution in [0.1, 0.15) is 59.6 Å². The molecule has 3 aromatic rings. The topological polar surface area (TPSA) is 105 Å². The molecule has 2 aromatic heterocycles. The maximum absolute atomic E-state index is 12.9. The fourth-order valence-corrected chi connectivity index (χ4v) is 5.10. The number of rotatable bonds is 7. The van der Waals surface area contributed by atoms with E-state index in [0.717, 1.165) is 29.2 Å². The molecule has 0 bridgehead atoms. The molecule has 0 saturated carbocycles. The van der Waals surface area contributed by atoms with Gasteiger partial charge in [-0.05, 0) is 35.2 Å². The van der Waals surface area contributed by atoms with Gasteiger partial charge < -0.3 is 10.2 Å². The van der Waals surface area contributed by atoms with Crippen molar-refractivity contribution in [2.75, 3.05) is 10.7 Å². The van der Waals surface area contributed by atoms with E-state index >= 15 is 0 Å². The number of fused-ring (bicyclic) bond motifs is 1. The molecule has 4 rings (SSSR count). The fourth-order valence-electron chi connectivity index (χ4n) is 4.22. The van der Waals surface area contributed by atoms with E-state index in [1.54, 1.807) is 30.0 Å². The largest absolute Gasteiger partial charge is 0.419 e. The molecule has 1 atom stereocenters. The molecule has 0 fully saturated rings. The van der Waals surface area contributed by atoms with Gasteiger partial charge in [-0.2, -0.15) is 13.2 Å². The van der Waals surface area contributed by atoms with Crippen LogP contribution in [0.3, 0.4) is 0 Å². The van der Waals surface area contributed by atoms with Crippen molar-refractivity contribution in [2.45, 2.75) is 51.0 Å². The third-order valence-corrected chi connectivity index (χ3v) is 7.94. The van der Waals surface area contributed by atoms with E-state index in [2.05, 4.69) is 20.3 Å². The first-order chi connectivity index (χ1) is 17.4. The number of carbonyl (C=O) groups excluding carboxylic acids is 1. The summed E-state index contributed by atoms with van der Waals surface area (Å²) in [5.41, 5.74) is 1.64. The van der Waals surface area contributed by atoms with E-state index in [1.165, 1.54) is 18.3 Å². The molecule has 1 aliphatic heterocycles. The number of hydrogen-bond donors (Lipinski definition) is 1. The SMILES string of the molecule is CCS(=O)(=O)c1ccc(CNC(=O)c2cnc3c(c2)CN(c2ncc(C(F)(F)F)cn2)[C@H]3C(C)C)cc1. The van der Waals surface area contributed by atoms with E-state index in [1.807, 2.05) is 13.8 Å². The summed E-state index contributed by atoms with van der Waals surface area (Å²) in [4.78, 5) is 27.2. The van der Waals surface area contributed by atoms with Gasteiger partial charge in [0.1, 0.15) is 0 Å². The van der Waals surface area contributed by atoms with Crippen LogP contribution < -0.4 is 10.2 Å². The molecule has 1 N–H and O–H groups in total. The summed E-state index contributed by atoms with van der Waals surface area (Å²) in [6.45, 7) is 6.01. The summed E-state index contributed by atoms with van der Waals surface area (Å²) in [6.07, 6.45) is -1.53. The molecular formula is C25H26F3N5O3S. The summed E-state index contributed by atoms with van der Waals surface area (Å²) >= 11 is 0. The number of halogens is 3. The highest BCUT2D eigenvalue weighted by Crippen LogP contribution is 2.40. The first-order valence-electron chi connectivity index (χ1n) is 11.6. The summed E-state index contributed by atoms with van der Waals surface area (Å²) in [7, 11) is -3.30. The minimum atomic E-state index is -4.52. The van der Waals surface area contributed by atoms with E-state index in [-0.39, 0.29) is 41.0 Å². The molecule has 1 amide bonds. The van der Waals surface area contributed by atoms with Crippen LogP contribution in [0.5, 0.6) is 0 Å². The van der Waals surface area contributed by atoms with Gasteiger partial charge in [-0.25, -0.2) is 18.4 Å². The highest BCUT2D eigenvalue weighted by Gasteiger charge is 2.37. The Balaban J connectivity index is 1.49. The van der Waals surface area contributed by atoms with E-state index < -0.39 is 21.6 Å². The van der Waals surface area contributed by atoms with Crippen LogP contribution in [0, 0.1) is 5.92 Å². The van der Waals surface area contributed by atoms with Crippen LogP contribution in [0.2, 0.25) is 0 Å². The van der Waals surface area contributed by atoms with E-state index in [4.69, 9.17) is 0 Å². The fraction of sp³-hybridized carbons (Fsp3) is 0.360. The monoisotopic (exact) mass is 533 g/mol. The number of amides is 1. The Hall–Kier alpha value is -3.54. The van der Waals surface area contributed by atoms with Crippen molar-refractivity contribution in [3.63, 3.8) is 0 Å². The normalized spacial score (nSPS) is 15.6. The highest BCUT2D eigenvalue weighted by molar-refractivity contribution is 7.91. The van der Waals surface area contributed by atoms with Crippen molar-refractivity contribution in [3.8, 4) is 0 Å². The average molecular weight is 534 g/mol. The van der Waals surface area contributed by atoms with E-state index in [9.17, 15) is 26.4 Å². The molecule has 1 aliphatic rings. The smallest absolute Gasteiger partial charge is 0.348 e. The molecule has 12 heteroatoms. The average Bonchev–Trinajstić information content (AvgIpc) is 3.26. The van der Waals surface area contributed by atoms with Crippen molar-refractivity contribution in [1.29, 1.82) is 0 Å². The lowest BCUT2D eigenvalue weighted by molar-refractivity contribution is -0.138. The number of hydrogen-bond acceptors (Lipinski definition) is 7. The Morgan fingerprint density at radius 1 is 1.11 bits per heavy atom. The minimum Gasteiger partial charge on any atom is -0.348 e. The molecular weight excluding hydrogens is 507 g/mol. The summed E-state index contributed by atoms with van der Waals surface area (Å²) in [5, 5.41) is 2.80. The lowest BCUT2D eigenvalue weighted by Gasteiger charge is -2.27. The Kier molecular flexibility index (Phi) is 7.22. The maximum Gasteiger partial charge on any atom is 0.419 e. The molecule has 196 valence electrons. The van der Waals surface area contributed by atoms with Crippen molar-refractivity contribution < 1.29 is 26.4 Å². The van der Waals surface area contributed by atoms with Gasteiger partial charge in [0.2, 0.25) is 5.95 Å². The summed E-state index contributed by atoms with van der Waals surface area (Å²) in [5.74, 6) is -0.136. The lowest BCUT2D eigenvalue weighted by Crippen LogP contribution is -2.27. The lowest BCUT2D eigenvalue weighted by atomic mass is 9.99. The molecule has 3 heterocycles. The van der Waals surface area contributed by atoms with Crippen LogP contribution >= 0.6 is 0 Å². The molecule has 37 heavy (non-hydrogen) atoms. The number of sulfone groups is 1. The Bertz CT molecular complexity index is 1390. The number of benzene rings is 1. The molecule has 1 aromatic carbocycles. The zero-order valence-electron chi connectivity index (χ0n) is 20.5. The second-order valence-corrected chi connectivity index (χ2v) is 11.4. The molecule has 0 radical (unpaired) electrons. The number of anilines is 1.